The number of aromatic nitrogens is 1. The fraction of sp³-hybridized carbons (Fsp3) is 0.231. The van der Waals surface area contributed by atoms with E-state index in [4.69, 9.17) is 4.74 Å². The van der Waals surface area contributed by atoms with Crippen LogP contribution in [0, 0.1) is 0 Å². The van der Waals surface area contributed by atoms with Gasteiger partial charge < -0.3 is 17.1 Å². The number of fused-ring (bicyclic) bond motifs is 1. The molecule has 0 spiro atoms. The molecule has 0 aliphatic rings. The van der Waals surface area contributed by atoms with E-state index in [2.05, 4.69) is 0 Å². The Hall–Kier alpha value is -1.61. The predicted octanol–water partition coefficient (Wildman–Crippen LogP) is -1.31. The molecule has 3 nitrogen and oxygen atoms in total. The lowest BCUT2D eigenvalue weighted by Crippen LogP contribution is -3.00. The van der Waals surface area contributed by atoms with Crippen molar-refractivity contribution in [1.29, 1.82) is 0 Å². The molecule has 1 aromatic carbocycles. The van der Waals surface area contributed by atoms with Crippen LogP contribution in [0.1, 0.15) is 6.92 Å². The Bertz CT molecular complexity index is 514. The van der Waals surface area contributed by atoms with E-state index in [0.717, 1.165) is 5.39 Å². The van der Waals surface area contributed by atoms with E-state index < -0.39 is 0 Å². The molecule has 0 amide bonds. The second-order valence-corrected chi connectivity index (χ2v) is 3.55. The van der Waals surface area contributed by atoms with E-state index in [9.17, 15) is 4.79 Å². The number of ether oxygens (including phenoxy) is 1. The van der Waals surface area contributed by atoms with Crippen LogP contribution in [0.25, 0.3) is 10.8 Å². The number of hydrogen-bond acceptors (Lipinski definition) is 2. The van der Waals surface area contributed by atoms with Crippen molar-refractivity contribution in [3.05, 3.63) is 42.7 Å². The van der Waals surface area contributed by atoms with Crippen LogP contribution in [0.4, 0.5) is 0 Å². The molecule has 0 bridgehead atoms. The van der Waals surface area contributed by atoms with Crippen LogP contribution in [-0.4, -0.2) is 12.6 Å². The summed E-state index contributed by atoms with van der Waals surface area (Å²) in [7, 11) is 0. The number of pyridine rings is 1. The average molecular weight is 252 g/mol. The Kier molecular flexibility index (Phi) is 4.91. The van der Waals surface area contributed by atoms with E-state index in [-0.39, 0.29) is 24.9 Å². The number of esters is 1. The highest BCUT2D eigenvalue weighted by molar-refractivity contribution is 5.80. The maximum atomic E-state index is 11.3. The summed E-state index contributed by atoms with van der Waals surface area (Å²) in [6.07, 6.45) is 3.84. The predicted molar refractivity (Wildman–Crippen MR) is 60.8 cm³/mol. The van der Waals surface area contributed by atoms with Gasteiger partial charge in [0.05, 0.1) is 6.61 Å². The summed E-state index contributed by atoms with van der Waals surface area (Å²) in [6, 6.07) is 10.0. The largest absolute Gasteiger partial charge is 1.00 e. The summed E-state index contributed by atoms with van der Waals surface area (Å²) in [5, 5.41) is 2.29. The number of carbonyl (C=O) groups excluding carboxylic acids is 1. The second kappa shape index (κ2) is 6.21. The lowest BCUT2D eigenvalue weighted by Gasteiger charge is -1.99. The van der Waals surface area contributed by atoms with Gasteiger partial charge in [-0.2, -0.15) is 4.57 Å². The van der Waals surface area contributed by atoms with Gasteiger partial charge in [0, 0.05) is 11.5 Å². The quantitative estimate of drug-likeness (QED) is 0.501. The highest BCUT2D eigenvalue weighted by Gasteiger charge is 2.10. The zero-order chi connectivity index (χ0) is 11.4. The maximum absolute atomic E-state index is 11.3. The first kappa shape index (κ1) is 13.5. The molecular formula is C13H14ClNO2. The van der Waals surface area contributed by atoms with Crippen molar-refractivity contribution in [3.8, 4) is 0 Å². The summed E-state index contributed by atoms with van der Waals surface area (Å²) >= 11 is 0. The standard InChI is InChI=1S/C13H14NO2.ClH/c1-2-16-13(15)10-14-8-7-11-5-3-4-6-12(11)9-14;/h3-9H,2,10H2,1H3;1H/q+1;/p-1. The lowest BCUT2D eigenvalue weighted by molar-refractivity contribution is -0.684. The minimum Gasteiger partial charge on any atom is -1.00 e. The summed E-state index contributed by atoms with van der Waals surface area (Å²) in [5.74, 6) is -0.206. The molecule has 2 rings (SSSR count). The first-order valence-corrected chi connectivity index (χ1v) is 5.33. The van der Waals surface area contributed by atoms with Crippen molar-refractivity contribution in [1.82, 2.24) is 0 Å². The van der Waals surface area contributed by atoms with Crippen molar-refractivity contribution in [2.24, 2.45) is 0 Å². The molecule has 4 heteroatoms. The zero-order valence-corrected chi connectivity index (χ0v) is 10.4. The van der Waals surface area contributed by atoms with Crippen molar-refractivity contribution >= 4 is 16.7 Å². The zero-order valence-electron chi connectivity index (χ0n) is 9.60. The van der Waals surface area contributed by atoms with Gasteiger partial charge in [-0.1, -0.05) is 18.2 Å². The van der Waals surface area contributed by atoms with Crippen molar-refractivity contribution in [2.75, 3.05) is 6.61 Å². The first-order chi connectivity index (χ1) is 7.79. The van der Waals surface area contributed by atoms with Crippen molar-refractivity contribution < 1.29 is 26.5 Å². The third kappa shape index (κ3) is 3.43. The Labute approximate surface area is 106 Å². The Morgan fingerprint density at radius 2 is 1.94 bits per heavy atom. The van der Waals surface area contributed by atoms with Gasteiger partial charge in [-0.05, 0) is 18.4 Å². The molecule has 0 atom stereocenters. The van der Waals surface area contributed by atoms with E-state index in [1.165, 1.54) is 5.39 Å². The third-order valence-electron chi connectivity index (χ3n) is 2.36. The smallest absolute Gasteiger partial charge is 0.372 e. The fourth-order valence-corrected chi connectivity index (χ4v) is 1.63. The SMILES string of the molecule is CCOC(=O)C[n+]1ccc2ccccc2c1.[Cl-]. The van der Waals surface area contributed by atoms with Crippen molar-refractivity contribution in [2.45, 2.75) is 13.5 Å². The van der Waals surface area contributed by atoms with E-state index in [1.54, 1.807) is 0 Å². The molecule has 0 unspecified atom stereocenters. The lowest BCUT2D eigenvalue weighted by atomic mass is 10.2. The molecule has 90 valence electrons. The monoisotopic (exact) mass is 251 g/mol. The Morgan fingerprint density at radius 3 is 2.65 bits per heavy atom. The Morgan fingerprint density at radius 1 is 1.24 bits per heavy atom. The number of benzene rings is 1. The molecule has 0 N–H and O–H groups in total. The van der Waals surface area contributed by atoms with Gasteiger partial charge in [-0.3, -0.25) is 0 Å². The van der Waals surface area contributed by atoms with E-state index in [1.807, 2.05) is 54.2 Å². The molecule has 0 saturated heterocycles. The highest BCUT2D eigenvalue weighted by atomic mass is 35.5. The van der Waals surface area contributed by atoms with Crippen LogP contribution < -0.4 is 17.0 Å². The van der Waals surface area contributed by atoms with Crippen LogP contribution in [0.2, 0.25) is 0 Å². The van der Waals surface area contributed by atoms with Gasteiger partial charge >= 0.3 is 5.97 Å². The molecule has 0 aliphatic heterocycles. The van der Waals surface area contributed by atoms with Crippen LogP contribution in [0.3, 0.4) is 0 Å². The van der Waals surface area contributed by atoms with E-state index in [0.29, 0.717) is 6.61 Å². The van der Waals surface area contributed by atoms with Gasteiger partial charge in [0.25, 0.3) is 0 Å². The Balaban J connectivity index is 0.00000144. The summed E-state index contributed by atoms with van der Waals surface area (Å²) in [4.78, 5) is 11.3. The summed E-state index contributed by atoms with van der Waals surface area (Å²) in [6.45, 7) is 2.49. The van der Waals surface area contributed by atoms with Gasteiger partial charge in [0.2, 0.25) is 6.54 Å². The molecule has 2 aromatic rings. The van der Waals surface area contributed by atoms with Gasteiger partial charge in [-0.15, -0.1) is 0 Å². The topological polar surface area (TPSA) is 30.2 Å². The molecule has 0 saturated carbocycles. The molecule has 1 heterocycles. The normalized spacial score (nSPS) is 9.71. The molecule has 0 radical (unpaired) electrons. The van der Waals surface area contributed by atoms with Crippen LogP contribution in [0.15, 0.2) is 42.7 Å². The second-order valence-electron chi connectivity index (χ2n) is 3.55. The van der Waals surface area contributed by atoms with Crippen molar-refractivity contribution in [3.63, 3.8) is 0 Å². The number of carbonyl (C=O) groups is 1. The maximum Gasteiger partial charge on any atom is 0.372 e. The van der Waals surface area contributed by atoms with Crippen LogP contribution >= 0.6 is 0 Å². The number of rotatable bonds is 3. The summed E-state index contributed by atoms with van der Waals surface area (Å²) in [5.41, 5.74) is 0. The number of hydrogen-bond donors (Lipinski definition) is 0. The molecule has 0 fully saturated rings. The average Bonchev–Trinajstić information content (AvgIpc) is 2.29. The first-order valence-electron chi connectivity index (χ1n) is 5.33. The van der Waals surface area contributed by atoms with E-state index >= 15 is 0 Å². The van der Waals surface area contributed by atoms with Crippen LogP contribution in [0.5, 0.6) is 0 Å². The minimum atomic E-state index is -0.206. The third-order valence-corrected chi connectivity index (χ3v) is 2.36. The van der Waals surface area contributed by atoms with Gasteiger partial charge in [0.1, 0.15) is 0 Å². The fourth-order valence-electron chi connectivity index (χ4n) is 1.63. The molecule has 0 aliphatic carbocycles. The van der Waals surface area contributed by atoms with Gasteiger partial charge in [0.15, 0.2) is 12.4 Å². The molecule has 17 heavy (non-hydrogen) atoms. The summed E-state index contributed by atoms with van der Waals surface area (Å²) < 4.78 is 6.73. The van der Waals surface area contributed by atoms with Gasteiger partial charge in [-0.25, -0.2) is 4.79 Å². The highest BCUT2D eigenvalue weighted by Crippen LogP contribution is 2.09. The molecular weight excluding hydrogens is 238 g/mol. The molecule has 1 aromatic heterocycles. The minimum absolute atomic E-state index is 0. The number of nitrogens with zero attached hydrogens (tertiary/aromatic N) is 1. The number of halogens is 1. The van der Waals surface area contributed by atoms with Crippen LogP contribution in [-0.2, 0) is 16.1 Å².